The van der Waals surface area contributed by atoms with Gasteiger partial charge < -0.3 is 16.0 Å². The molecule has 0 spiro atoms. The molecule has 0 bridgehead atoms. The third kappa shape index (κ3) is 5.52. The zero-order chi connectivity index (χ0) is 20.6. The first-order valence-electron chi connectivity index (χ1n) is 9.11. The first-order chi connectivity index (χ1) is 14.0. The third-order valence-electron chi connectivity index (χ3n) is 4.34. The smallest absolute Gasteiger partial charge is 0.313 e. The number of hydrogen-bond donors (Lipinski definition) is 2. The molecule has 3 aromatic carbocycles. The minimum atomic E-state index is -0.747. The summed E-state index contributed by atoms with van der Waals surface area (Å²) in [6.45, 7) is 0.616. The Bertz CT molecular complexity index is 945. The van der Waals surface area contributed by atoms with Crippen molar-refractivity contribution in [3.05, 3.63) is 102 Å². The highest BCUT2D eigenvalue weighted by Crippen LogP contribution is 2.13. The summed E-state index contributed by atoms with van der Waals surface area (Å²) < 4.78 is 0. The van der Waals surface area contributed by atoms with Gasteiger partial charge in [0.15, 0.2) is 0 Å². The van der Waals surface area contributed by atoms with Crippen LogP contribution in [0.15, 0.2) is 84.9 Å². The van der Waals surface area contributed by atoms with Crippen molar-refractivity contribution in [2.45, 2.75) is 13.1 Å². The molecule has 3 aromatic rings. The van der Waals surface area contributed by atoms with E-state index in [-0.39, 0.29) is 0 Å². The molecular weight excluding hydrogens is 366 g/mol. The highest BCUT2D eigenvalue weighted by Gasteiger charge is 2.22. The summed E-state index contributed by atoms with van der Waals surface area (Å²) in [5.74, 6) is -1.95. The van der Waals surface area contributed by atoms with Crippen molar-refractivity contribution in [3.63, 3.8) is 0 Å². The number of benzene rings is 3. The monoisotopic (exact) mass is 387 g/mol. The lowest BCUT2D eigenvalue weighted by atomic mass is 10.1. The van der Waals surface area contributed by atoms with Gasteiger partial charge in [0.05, 0.1) is 0 Å². The molecule has 0 saturated heterocycles. The lowest BCUT2D eigenvalue weighted by Gasteiger charge is -2.22. The maximum Gasteiger partial charge on any atom is 0.313 e. The average molecular weight is 387 g/mol. The summed E-state index contributed by atoms with van der Waals surface area (Å²) in [7, 11) is 0. The van der Waals surface area contributed by atoms with Gasteiger partial charge in [-0.2, -0.15) is 0 Å². The molecule has 0 heterocycles. The Morgan fingerprint density at radius 3 is 1.66 bits per heavy atom. The van der Waals surface area contributed by atoms with Crippen LogP contribution < -0.4 is 11.1 Å². The van der Waals surface area contributed by atoms with Crippen LogP contribution in [-0.2, 0) is 22.7 Å². The van der Waals surface area contributed by atoms with Gasteiger partial charge in [0.2, 0.25) is 5.91 Å². The molecule has 0 aromatic heterocycles. The van der Waals surface area contributed by atoms with Crippen LogP contribution in [0.25, 0.3) is 0 Å². The van der Waals surface area contributed by atoms with E-state index in [1.165, 1.54) is 29.2 Å². The van der Waals surface area contributed by atoms with E-state index in [1.54, 1.807) is 0 Å². The van der Waals surface area contributed by atoms with Gasteiger partial charge in [-0.25, -0.2) is 0 Å². The fourth-order valence-electron chi connectivity index (χ4n) is 2.85. The Hall–Kier alpha value is -3.93. The molecule has 6 nitrogen and oxygen atoms in total. The second-order valence-corrected chi connectivity index (χ2v) is 6.53. The molecule has 3 amide bonds. The van der Waals surface area contributed by atoms with E-state index in [0.29, 0.717) is 24.3 Å². The standard InChI is InChI=1S/C23H21N3O3/c24-21(27)19-11-13-20(14-12-19)25-22(28)23(29)26(15-17-7-3-1-4-8-17)16-18-9-5-2-6-10-18/h1-14H,15-16H2,(H2,24,27)(H,25,28). The highest BCUT2D eigenvalue weighted by atomic mass is 16.2. The number of primary amides is 1. The van der Waals surface area contributed by atoms with E-state index in [0.717, 1.165) is 11.1 Å². The first-order valence-corrected chi connectivity index (χ1v) is 9.11. The molecule has 0 aliphatic carbocycles. The van der Waals surface area contributed by atoms with Crippen LogP contribution in [0, 0.1) is 0 Å². The predicted molar refractivity (Wildman–Crippen MR) is 111 cm³/mol. The number of rotatable bonds is 6. The van der Waals surface area contributed by atoms with E-state index in [2.05, 4.69) is 5.32 Å². The summed E-state index contributed by atoms with van der Waals surface area (Å²) >= 11 is 0. The number of hydrogen-bond acceptors (Lipinski definition) is 3. The molecule has 0 radical (unpaired) electrons. The minimum absolute atomic E-state index is 0.308. The van der Waals surface area contributed by atoms with Crippen LogP contribution in [0.2, 0.25) is 0 Å². The maximum absolute atomic E-state index is 12.9. The molecule has 6 heteroatoms. The van der Waals surface area contributed by atoms with Crippen LogP contribution in [0.4, 0.5) is 5.69 Å². The fraction of sp³-hybridized carbons (Fsp3) is 0.0870. The SMILES string of the molecule is NC(=O)c1ccc(NC(=O)C(=O)N(Cc2ccccc2)Cc2ccccc2)cc1. The number of nitrogens with two attached hydrogens (primary N) is 1. The summed E-state index contributed by atoms with van der Waals surface area (Å²) in [5.41, 5.74) is 7.80. The lowest BCUT2D eigenvalue weighted by molar-refractivity contribution is -0.144. The van der Waals surface area contributed by atoms with Gasteiger partial charge in [-0.1, -0.05) is 60.7 Å². The van der Waals surface area contributed by atoms with Gasteiger partial charge >= 0.3 is 11.8 Å². The van der Waals surface area contributed by atoms with Crippen molar-refractivity contribution in [1.29, 1.82) is 0 Å². The molecule has 3 N–H and O–H groups in total. The van der Waals surface area contributed by atoms with E-state index in [1.807, 2.05) is 60.7 Å². The fourth-order valence-corrected chi connectivity index (χ4v) is 2.85. The van der Waals surface area contributed by atoms with Crippen molar-refractivity contribution in [2.24, 2.45) is 5.73 Å². The Balaban J connectivity index is 1.75. The summed E-state index contributed by atoms with van der Waals surface area (Å²) in [4.78, 5) is 38.1. The molecule has 0 aliphatic rings. The summed E-state index contributed by atoms with van der Waals surface area (Å²) in [6.07, 6.45) is 0. The van der Waals surface area contributed by atoms with Crippen molar-refractivity contribution in [2.75, 3.05) is 5.32 Å². The topological polar surface area (TPSA) is 92.5 Å². The van der Waals surface area contributed by atoms with E-state index in [4.69, 9.17) is 5.73 Å². The second-order valence-electron chi connectivity index (χ2n) is 6.53. The van der Waals surface area contributed by atoms with Crippen molar-refractivity contribution in [1.82, 2.24) is 4.90 Å². The van der Waals surface area contributed by atoms with Crippen molar-refractivity contribution < 1.29 is 14.4 Å². The van der Waals surface area contributed by atoms with Crippen LogP contribution in [0.1, 0.15) is 21.5 Å². The zero-order valence-corrected chi connectivity index (χ0v) is 15.7. The normalized spacial score (nSPS) is 10.2. The Morgan fingerprint density at radius 2 is 1.21 bits per heavy atom. The lowest BCUT2D eigenvalue weighted by Crippen LogP contribution is -2.38. The van der Waals surface area contributed by atoms with Gasteiger partial charge in [-0.15, -0.1) is 0 Å². The number of carbonyl (C=O) groups is 3. The Morgan fingerprint density at radius 1 is 0.724 bits per heavy atom. The van der Waals surface area contributed by atoms with Gasteiger partial charge in [0, 0.05) is 24.3 Å². The predicted octanol–water partition coefficient (Wildman–Crippen LogP) is 2.95. The number of nitrogens with zero attached hydrogens (tertiary/aromatic N) is 1. The van der Waals surface area contributed by atoms with E-state index < -0.39 is 17.7 Å². The minimum Gasteiger partial charge on any atom is -0.366 e. The summed E-state index contributed by atoms with van der Waals surface area (Å²) in [6, 6.07) is 25.0. The highest BCUT2D eigenvalue weighted by molar-refractivity contribution is 6.39. The molecule has 0 fully saturated rings. The van der Waals surface area contributed by atoms with E-state index in [9.17, 15) is 14.4 Å². The van der Waals surface area contributed by atoms with Crippen LogP contribution >= 0.6 is 0 Å². The zero-order valence-electron chi connectivity index (χ0n) is 15.7. The largest absolute Gasteiger partial charge is 0.366 e. The molecule has 29 heavy (non-hydrogen) atoms. The van der Waals surface area contributed by atoms with Gasteiger partial charge in [0.25, 0.3) is 0 Å². The molecule has 146 valence electrons. The second kappa shape index (κ2) is 9.32. The molecular formula is C23H21N3O3. The number of nitrogens with one attached hydrogen (secondary N) is 1. The number of amides is 3. The number of anilines is 1. The maximum atomic E-state index is 12.9. The van der Waals surface area contributed by atoms with Gasteiger partial charge in [-0.05, 0) is 35.4 Å². The van der Waals surface area contributed by atoms with Crippen molar-refractivity contribution in [3.8, 4) is 0 Å². The first kappa shape index (κ1) is 19.8. The van der Waals surface area contributed by atoms with Gasteiger partial charge in [0.1, 0.15) is 0 Å². The van der Waals surface area contributed by atoms with Crippen LogP contribution in [0.3, 0.4) is 0 Å². The number of carbonyl (C=O) groups excluding carboxylic acids is 3. The molecule has 3 rings (SSSR count). The van der Waals surface area contributed by atoms with E-state index >= 15 is 0 Å². The molecule has 0 atom stereocenters. The molecule has 0 unspecified atom stereocenters. The van der Waals surface area contributed by atoms with Crippen LogP contribution in [-0.4, -0.2) is 22.6 Å². The Kier molecular flexibility index (Phi) is 6.37. The Labute approximate surface area is 169 Å². The van der Waals surface area contributed by atoms with Crippen molar-refractivity contribution >= 4 is 23.4 Å². The molecule has 0 saturated carbocycles. The average Bonchev–Trinajstić information content (AvgIpc) is 2.74. The molecule has 0 aliphatic heterocycles. The summed E-state index contributed by atoms with van der Waals surface area (Å²) in [5, 5.41) is 2.58. The third-order valence-corrected chi connectivity index (χ3v) is 4.34. The van der Waals surface area contributed by atoms with Gasteiger partial charge in [-0.3, -0.25) is 14.4 Å². The van der Waals surface area contributed by atoms with Crippen LogP contribution in [0.5, 0.6) is 0 Å². The quantitative estimate of drug-likeness (QED) is 0.637.